The summed E-state index contributed by atoms with van der Waals surface area (Å²) < 4.78 is 68.5. The van der Waals surface area contributed by atoms with Crippen molar-refractivity contribution in [3.8, 4) is 0 Å². The van der Waals surface area contributed by atoms with Crippen LogP contribution in [0.15, 0.2) is 97.2 Å². The zero-order chi connectivity index (χ0) is 73.2. The predicted molar refractivity (Wildman–Crippen MR) is 409 cm³/mol. The van der Waals surface area contributed by atoms with E-state index in [1.807, 2.05) is 0 Å². The van der Waals surface area contributed by atoms with Gasteiger partial charge in [0.1, 0.15) is 19.3 Å². The van der Waals surface area contributed by atoms with E-state index in [1.54, 1.807) is 0 Å². The van der Waals surface area contributed by atoms with Gasteiger partial charge in [0.05, 0.1) is 26.4 Å². The van der Waals surface area contributed by atoms with E-state index < -0.39 is 97.5 Å². The van der Waals surface area contributed by atoms with Crippen molar-refractivity contribution < 1.29 is 80.2 Å². The lowest BCUT2D eigenvalue weighted by atomic mass is 10.0. The first-order valence-corrected chi connectivity index (χ1v) is 42.5. The van der Waals surface area contributed by atoms with Crippen LogP contribution in [0, 0.1) is 0 Å². The van der Waals surface area contributed by atoms with Crippen molar-refractivity contribution in [2.45, 2.75) is 354 Å². The summed E-state index contributed by atoms with van der Waals surface area (Å²) in [5, 5.41) is 10.6. The lowest BCUT2D eigenvalue weighted by Crippen LogP contribution is -2.30. The summed E-state index contributed by atoms with van der Waals surface area (Å²) >= 11 is 0. The first kappa shape index (κ1) is 96.0. The largest absolute Gasteiger partial charge is 0.472 e. The number of rotatable bonds is 74. The molecule has 0 saturated carbocycles. The summed E-state index contributed by atoms with van der Waals surface area (Å²) in [6.45, 7) is 4.67. The molecule has 0 bridgehead atoms. The van der Waals surface area contributed by atoms with Crippen LogP contribution in [0.2, 0.25) is 0 Å². The predicted octanol–water partition coefficient (Wildman–Crippen LogP) is 22.8. The van der Waals surface area contributed by atoms with E-state index in [2.05, 4.69) is 125 Å². The van der Waals surface area contributed by atoms with Gasteiger partial charge in [-0.25, -0.2) is 9.13 Å². The van der Waals surface area contributed by atoms with Crippen molar-refractivity contribution in [3.05, 3.63) is 97.2 Å². The number of phosphoric acid groups is 2. The average Bonchev–Trinajstić information content (AvgIpc) is 1.05. The van der Waals surface area contributed by atoms with E-state index in [0.717, 1.165) is 167 Å². The number of esters is 4. The highest BCUT2D eigenvalue weighted by molar-refractivity contribution is 7.47. The van der Waals surface area contributed by atoms with E-state index in [1.165, 1.54) is 89.9 Å². The fraction of sp³-hybridized carbons (Fsp3) is 0.753. The average molecular weight is 1450 g/mol. The molecule has 0 fully saturated rings. The standard InChI is InChI=1S/C81H142O17P2/c1-5-9-13-17-21-25-29-32-34-36-37-39-40-43-47-50-54-58-62-66-79(84)92-72-77(98-81(86)68-64-60-56-52-48-44-41-38-35-33-30-26-22-18-14-10-6-2)74-96-100(89,90)94-70-75(82)69-93-99(87,88)95-73-76(97-80(85)67-63-59-55-51-45-28-24-20-16-12-8-4)71-91-78(83)65-61-57-53-49-46-42-31-27-23-19-15-11-7-3/h10,14,20-22,24-26,32-35,37,39,41,44,75-77,82H,5-9,11-13,15-19,23,27-31,36,38,40,42-43,45-74H2,1-4H3,(H,87,88)(H,89,90)/b14-10-,24-20-,25-21-,26-22-,34-32-,35-33-,39-37-,44-41-. The Morgan fingerprint density at radius 3 is 0.860 bits per heavy atom. The van der Waals surface area contributed by atoms with Crippen LogP contribution >= 0.6 is 15.6 Å². The Kier molecular flexibility index (Phi) is 70.4. The Balaban J connectivity index is 5.35. The molecule has 578 valence electrons. The summed E-state index contributed by atoms with van der Waals surface area (Å²) in [6, 6.07) is 0. The number of carbonyl (C=O) groups excluding carboxylic acids is 4. The van der Waals surface area contributed by atoms with E-state index in [4.69, 9.17) is 37.0 Å². The fourth-order valence-electron chi connectivity index (χ4n) is 10.5. The van der Waals surface area contributed by atoms with Gasteiger partial charge >= 0.3 is 39.5 Å². The first-order valence-electron chi connectivity index (χ1n) is 39.5. The third-order valence-corrected chi connectivity index (χ3v) is 18.4. The Morgan fingerprint density at radius 2 is 0.530 bits per heavy atom. The molecule has 17 nitrogen and oxygen atoms in total. The molecule has 0 aromatic rings. The quantitative estimate of drug-likeness (QED) is 0.0169. The highest BCUT2D eigenvalue weighted by Crippen LogP contribution is 2.45. The molecule has 5 unspecified atom stereocenters. The molecule has 0 radical (unpaired) electrons. The van der Waals surface area contributed by atoms with Crippen LogP contribution in [0.25, 0.3) is 0 Å². The smallest absolute Gasteiger partial charge is 0.462 e. The number of hydrogen-bond donors (Lipinski definition) is 3. The number of aliphatic hydroxyl groups is 1. The van der Waals surface area contributed by atoms with Gasteiger partial charge in [-0.05, 0) is 122 Å². The Labute approximate surface area is 607 Å². The van der Waals surface area contributed by atoms with Crippen molar-refractivity contribution in [1.82, 2.24) is 0 Å². The zero-order valence-corrected chi connectivity index (χ0v) is 64.9. The number of hydrogen-bond acceptors (Lipinski definition) is 15. The minimum Gasteiger partial charge on any atom is -0.462 e. The van der Waals surface area contributed by atoms with Gasteiger partial charge in [-0.2, -0.15) is 0 Å². The monoisotopic (exact) mass is 1450 g/mol. The minimum atomic E-state index is -4.98. The number of ether oxygens (including phenoxy) is 4. The number of allylic oxidation sites excluding steroid dienone is 16. The Hall–Kier alpha value is -4.02. The maximum atomic E-state index is 13.1. The van der Waals surface area contributed by atoms with Gasteiger partial charge in [0.25, 0.3) is 0 Å². The number of aliphatic hydroxyl groups excluding tert-OH is 1. The summed E-state index contributed by atoms with van der Waals surface area (Å²) in [5.41, 5.74) is 0. The Morgan fingerprint density at radius 1 is 0.290 bits per heavy atom. The summed E-state index contributed by atoms with van der Waals surface area (Å²) in [4.78, 5) is 72.9. The van der Waals surface area contributed by atoms with Gasteiger partial charge in [0, 0.05) is 25.7 Å². The molecule has 5 atom stereocenters. The van der Waals surface area contributed by atoms with Crippen LogP contribution < -0.4 is 0 Å². The number of unbranched alkanes of at least 4 members (excludes halogenated alkanes) is 32. The van der Waals surface area contributed by atoms with Crippen molar-refractivity contribution in [3.63, 3.8) is 0 Å². The zero-order valence-electron chi connectivity index (χ0n) is 63.1. The van der Waals surface area contributed by atoms with Crippen molar-refractivity contribution in [1.29, 1.82) is 0 Å². The van der Waals surface area contributed by atoms with Crippen LogP contribution in [0.3, 0.4) is 0 Å². The molecule has 0 amide bonds. The molecule has 0 aliphatic carbocycles. The first-order chi connectivity index (χ1) is 48.7. The third kappa shape index (κ3) is 72.3. The maximum Gasteiger partial charge on any atom is 0.472 e. The van der Waals surface area contributed by atoms with E-state index >= 15 is 0 Å². The highest BCUT2D eigenvalue weighted by atomic mass is 31.2. The van der Waals surface area contributed by atoms with Crippen LogP contribution in [-0.2, 0) is 65.4 Å². The van der Waals surface area contributed by atoms with Gasteiger partial charge in [0.15, 0.2) is 12.2 Å². The SMILES string of the molecule is CC/C=C\C/C=C\C/C=C\C/C=C\CCCCCCC(=O)OC(COC(=O)CCCCCCCC/C=C\C/C=C\C/C=C\CCCCC)COP(=O)(O)OCC(O)COP(=O)(O)OCC(COC(=O)CCCCCCCCCCCCCCC)OC(=O)CCCCCCC/C=C\CCCC. The minimum absolute atomic E-state index is 0.0637. The van der Waals surface area contributed by atoms with Crippen LogP contribution in [0.1, 0.15) is 336 Å². The molecule has 100 heavy (non-hydrogen) atoms. The maximum absolute atomic E-state index is 13.1. The van der Waals surface area contributed by atoms with E-state index in [0.29, 0.717) is 25.7 Å². The molecule has 19 heteroatoms. The fourth-order valence-corrected chi connectivity index (χ4v) is 12.1. The van der Waals surface area contributed by atoms with Gasteiger partial charge in [-0.15, -0.1) is 0 Å². The van der Waals surface area contributed by atoms with Gasteiger partial charge in [-0.1, -0.05) is 285 Å². The number of carbonyl (C=O) groups is 4. The summed E-state index contributed by atoms with van der Waals surface area (Å²) in [5.74, 6) is -2.21. The molecular formula is C81H142O17P2. The van der Waals surface area contributed by atoms with Gasteiger partial charge < -0.3 is 33.8 Å². The molecule has 0 saturated heterocycles. The lowest BCUT2D eigenvalue weighted by molar-refractivity contribution is -0.161. The van der Waals surface area contributed by atoms with Crippen LogP contribution in [0.5, 0.6) is 0 Å². The van der Waals surface area contributed by atoms with E-state index in [9.17, 15) is 43.2 Å². The molecule has 0 aliphatic rings. The Bertz CT molecular complexity index is 2270. The summed E-state index contributed by atoms with van der Waals surface area (Å²) in [7, 11) is -9.96. The highest BCUT2D eigenvalue weighted by Gasteiger charge is 2.30. The normalized spacial score (nSPS) is 14.4. The molecule has 3 N–H and O–H groups in total. The lowest BCUT2D eigenvalue weighted by Gasteiger charge is -2.21. The third-order valence-electron chi connectivity index (χ3n) is 16.5. The van der Waals surface area contributed by atoms with Crippen molar-refractivity contribution >= 4 is 39.5 Å². The van der Waals surface area contributed by atoms with Crippen molar-refractivity contribution in [2.24, 2.45) is 0 Å². The van der Waals surface area contributed by atoms with Gasteiger partial charge in [0.2, 0.25) is 0 Å². The number of phosphoric ester groups is 2. The molecule has 0 aliphatic heterocycles. The second kappa shape index (κ2) is 73.3. The molecule has 0 aromatic heterocycles. The van der Waals surface area contributed by atoms with Crippen LogP contribution in [0.4, 0.5) is 0 Å². The second-order valence-corrected chi connectivity index (χ2v) is 29.2. The molecular weight excluding hydrogens is 1310 g/mol. The summed E-state index contributed by atoms with van der Waals surface area (Å²) in [6.07, 6.45) is 76.8. The molecule has 0 spiro atoms. The van der Waals surface area contributed by atoms with Crippen LogP contribution in [-0.4, -0.2) is 96.7 Å². The topological polar surface area (TPSA) is 237 Å². The molecule has 0 aromatic carbocycles. The van der Waals surface area contributed by atoms with Crippen molar-refractivity contribution in [2.75, 3.05) is 39.6 Å². The molecule has 0 rings (SSSR count). The van der Waals surface area contributed by atoms with E-state index in [-0.39, 0.29) is 25.7 Å². The molecule has 0 heterocycles. The van der Waals surface area contributed by atoms with Gasteiger partial charge in [-0.3, -0.25) is 37.3 Å². The second-order valence-electron chi connectivity index (χ2n) is 26.3.